The molecular formula is C8H16ClNO2. The Kier molecular flexibility index (Phi) is 5.25. The Balaban J connectivity index is 0.00000121. The highest BCUT2D eigenvalue weighted by Gasteiger charge is 2.31. The van der Waals surface area contributed by atoms with Gasteiger partial charge in [-0.1, -0.05) is 6.42 Å². The predicted molar refractivity (Wildman–Crippen MR) is 40.7 cm³/mol. The largest absolute Gasteiger partial charge is 1.00 e. The van der Waals surface area contributed by atoms with Crippen LogP contribution in [0, 0.1) is 5.92 Å². The molecule has 0 aromatic heterocycles. The predicted octanol–water partition coefficient (Wildman–Crippen LogP) is -3.04. The summed E-state index contributed by atoms with van der Waals surface area (Å²) in [5, 5.41) is 0. The zero-order valence-electron chi connectivity index (χ0n) is 7.38. The van der Waals surface area contributed by atoms with Crippen LogP contribution in [0.1, 0.15) is 25.7 Å². The second kappa shape index (κ2) is 5.38. The van der Waals surface area contributed by atoms with Gasteiger partial charge in [-0.05, 0) is 12.8 Å². The number of hydrogen-bond acceptors (Lipinski definition) is 2. The van der Waals surface area contributed by atoms with Crippen molar-refractivity contribution in [3.8, 4) is 0 Å². The van der Waals surface area contributed by atoms with Gasteiger partial charge in [-0.15, -0.1) is 0 Å². The number of hydrogen-bond donors (Lipinski definition) is 1. The number of methoxy groups -OCH3 is 1. The Hall–Kier alpha value is -0.280. The van der Waals surface area contributed by atoms with Gasteiger partial charge in [0.2, 0.25) is 0 Å². The van der Waals surface area contributed by atoms with Crippen LogP contribution < -0.4 is 18.1 Å². The van der Waals surface area contributed by atoms with E-state index in [1.54, 1.807) is 0 Å². The molecule has 3 N–H and O–H groups in total. The van der Waals surface area contributed by atoms with Gasteiger partial charge in [-0.25, -0.2) is 0 Å². The number of esters is 1. The van der Waals surface area contributed by atoms with Gasteiger partial charge in [0, 0.05) is 6.42 Å². The lowest BCUT2D eigenvalue weighted by molar-refractivity contribution is -0.435. The molecule has 2 unspecified atom stereocenters. The molecule has 1 aliphatic carbocycles. The molecule has 3 nitrogen and oxygen atoms in total. The quantitative estimate of drug-likeness (QED) is 0.451. The Morgan fingerprint density at radius 2 is 2.00 bits per heavy atom. The highest BCUT2D eigenvalue weighted by Crippen LogP contribution is 2.22. The van der Waals surface area contributed by atoms with Gasteiger partial charge in [0.05, 0.1) is 13.2 Å². The van der Waals surface area contributed by atoms with Gasteiger partial charge in [0.1, 0.15) is 5.92 Å². The lowest BCUT2D eigenvalue weighted by Crippen LogP contribution is -3.00. The lowest BCUT2D eigenvalue weighted by atomic mass is 9.85. The Morgan fingerprint density at radius 3 is 2.50 bits per heavy atom. The van der Waals surface area contributed by atoms with Crippen molar-refractivity contribution in [2.75, 3.05) is 7.11 Å². The maximum atomic E-state index is 11.1. The summed E-state index contributed by atoms with van der Waals surface area (Å²) in [5.41, 5.74) is 3.95. The van der Waals surface area contributed by atoms with Gasteiger partial charge < -0.3 is 22.9 Å². The first-order chi connectivity index (χ1) is 5.25. The van der Waals surface area contributed by atoms with Crippen molar-refractivity contribution in [1.82, 2.24) is 0 Å². The van der Waals surface area contributed by atoms with Crippen molar-refractivity contribution in [3.05, 3.63) is 0 Å². The van der Waals surface area contributed by atoms with Crippen LogP contribution >= 0.6 is 0 Å². The van der Waals surface area contributed by atoms with E-state index in [1.165, 1.54) is 13.5 Å². The maximum absolute atomic E-state index is 11.1. The molecule has 72 valence electrons. The molecular weight excluding hydrogens is 178 g/mol. The summed E-state index contributed by atoms with van der Waals surface area (Å²) in [7, 11) is 1.45. The van der Waals surface area contributed by atoms with Gasteiger partial charge in [0.15, 0.2) is 0 Å². The van der Waals surface area contributed by atoms with Gasteiger partial charge >= 0.3 is 5.97 Å². The summed E-state index contributed by atoms with van der Waals surface area (Å²) in [6, 6.07) is 0.274. The summed E-state index contributed by atoms with van der Waals surface area (Å²) >= 11 is 0. The van der Waals surface area contributed by atoms with Crippen LogP contribution in [0.15, 0.2) is 0 Å². The smallest absolute Gasteiger partial charge is 0.314 e. The summed E-state index contributed by atoms with van der Waals surface area (Å²) in [6.45, 7) is 0. The van der Waals surface area contributed by atoms with Gasteiger partial charge in [0.25, 0.3) is 0 Å². The van der Waals surface area contributed by atoms with Crippen molar-refractivity contribution < 1.29 is 27.7 Å². The molecule has 1 aliphatic rings. The molecule has 0 amide bonds. The Labute approximate surface area is 79.1 Å². The minimum absolute atomic E-state index is 0. The number of halogens is 1. The minimum Gasteiger partial charge on any atom is -1.00 e. The van der Waals surface area contributed by atoms with E-state index >= 15 is 0 Å². The van der Waals surface area contributed by atoms with Crippen LogP contribution in [0.25, 0.3) is 0 Å². The molecule has 1 fully saturated rings. The second-order valence-corrected chi connectivity index (χ2v) is 3.17. The second-order valence-electron chi connectivity index (χ2n) is 3.17. The molecule has 0 saturated heterocycles. The van der Waals surface area contributed by atoms with Gasteiger partial charge in [-0.2, -0.15) is 0 Å². The van der Waals surface area contributed by atoms with Crippen LogP contribution in [0.4, 0.5) is 0 Å². The third-order valence-corrected chi connectivity index (χ3v) is 2.41. The maximum Gasteiger partial charge on any atom is 0.314 e. The first-order valence-corrected chi connectivity index (χ1v) is 4.16. The number of quaternary nitrogens is 1. The topological polar surface area (TPSA) is 53.9 Å². The number of carbonyl (C=O) groups excluding carboxylic acids is 1. The van der Waals surface area contributed by atoms with Crippen molar-refractivity contribution in [2.45, 2.75) is 31.7 Å². The van der Waals surface area contributed by atoms with Crippen LogP contribution in [-0.2, 0) is 9.53 Å². The van der Waals surface area contributed by atoms with Gasteiger partial charge in [-0.3, -0.25) is 4.79 Å². The van der Waals surface area contributed by atoms with E-state index in [-0.39, 0.29) is 30.3 Å². The zero-order valence-corrected chi connectivity index (χ0v) is 8.14. The minimum atomic E-state index is -0.0790. The molecule has 2 atom stereocenters. The molecule has 0 aromatic carbocycles. The number of rotatable bonds is 1. The molecule has 0 aromatic rings. The first kappa shape index (κ1) is 11.7. The van der Waals surface area contributed by atoms with E-state index in [4.69, 9.17) is 0 Å². The van der Waals surface area contributed by atoms with Crippen LogP contribution in [0.3, 0.4) is 0 Å². The fraction of sp³-hybridized carbons (Fsp3) is 0.875. The van der Waals surface area contributed by atoms with E-state index in [0.717, 1.165) is 19.3 Å². The van der Waals surface area contributed by atoms with Crippen LogP contribution in [0.5, 0.6) is 0 Å². The Bertz CT molecular complexity index is 152. The van der Waals surface area contributed by atoms with E-state index in [1.807, 2.05) is 0 Å². The van der Waals surface area contributed by atoms with E-state index in [9.17, 15) is 4.79 Å². The molecule has 12 heavy (non-hydrogen) atoms. The third-order valence-electron chi connectivity index (χ3n) is 2.41. The highest BCUT2D eigenvalue weighted by molar-refractivity contribution is 5.72. The average Bonchev–Trinajstić information content (AvgIpc) is 2.04. The van der Waals surface area contributed by atoms with E-state index < -0.39 is 0 Å². The fourth-order valence-corrected chi connectivity index (χ4v) is 1.67. The number of ether oxygens (including phenoxy) is 1. The van der Waals surface area contributed by atoms with Crippen molar-refractivity contribution in [1.29, 1.82) is 0 Å². The third kappa shape index (κ3) is 2.64. The van der Waals surface area contributed by atoms with Crippen molar-refractivity contribution in [2.24, 2.45) is 5.92 Å². The molecule has 0 bridgehead atoms. The molecule has 0 heterocycles. The Morgan fingerprint density at radius 1 is 1.42 bits per heavy atom. The zero-order chi connectivity index (χ0) is 8.27. The van der Waals surface area contributed by atoms with Crippen molar-refractivity contribution >= 4 is 5.97 Å². The molecule has 4 heteroatoms. The highest BCUT2D eigenvalue weighted by atomic mass is 35.5. The lowest BCUT2D eigenvalue weighted by Gasteiger charge is -2.23. The van der Waals surface area contributed by atoms with E-state index in [0.29, 0.717) is 0 Å². The average molecular weight is 194 g/mol. The molecule has 0 spiro atoms. The van der Waals surface area contributed by atoms with E-state index in [2.05, 4.69) is 10.5 Å². The van der Waals surface area contributed by atoms with Crippen LogP contribution in [0.2, 0.25) is 0 Å². The summed E-state index contributed by atoms with van der Waals surface area (Å²) in [6.07, 6.45) is 4.38. The summed E-state index contributed by atoms with van der Waals surface area (Å²) < 4.78 is 4.68. The SMILES string of the molecule is COC(=O)C1CCCCC1[NH3+].[Cl-]. The molecule has 1 rings (SSSR count). The summed E-state index contributed by atoms with van der Waals surface area (Å²) in [4.78, 5) is 11.1. The molecule has 0 radical (unpaired) electrons. The van der Waals surface area contributed by atoms with Crippen molar-refractivity contribution in [3.63, 3.8) is 0 Å². The monoisotopic (exact) mass is 193 g/mol. The molecule has 0 aliphatic heterocycles. The summed E-state index contributed by atoms with van der Waals surface area (Å²) in [5.74, 6) is -0.0153. The molecule has 1 saturated carbocycles. The fourth-order valence-electron chi connectivity index (χ4n) is 1.67. The van der Waals surface area contributed by atoms with Crippen LogP contribution in [-0.4, -0.2) is 19.1 Å². The normalized spacial score (nSPS) is 28.8. The number of carbonyl (C=O) groups is 1. The first-order valence-electron chi connectivity index (χ1n) is 4.16. The standard InChI is InChI=1S/C8H15NO2.ClH/c1-11-8(10)6-4-2-3-5-7(6)9;/h6-7H,2-5,9H2,1H3;1H.